The van der Waals surface area contributed by atoms with Crippen LogP contribution in [0.15, 0.2) is 12.2 Å². The molecule has 0 radical (unpaired) electrons. The maximum atomic E-state index is 11.7. The lowest BCUT2D eigenvalue weighted by Gasteiger charge is -2.55. The van der Waals surface area contributed by atoms with E-state index in [1.807, 2.05) is 0 Å². The number of rotatable bonds is 2. The summed E-state index contributed by atoms with van der Waals surface area (Å²) in [6.07, 6.45) is 13.5. The molecule has 0 aromatic heterocycles. The van der Waals surface area contributed by atoms with Gasteiger partial charge in [0.25, 0.3) is 0 Å². The first-order valence-electron chi connectivity index (χ1n) is 11.0. The predicted octanol–water partition coefficient (Wildman–Crippen LogP) is 6.30. The Balaban J connectivity index is 0.000000144. The van der Waals surface area contributed by atoms with Crippen LogP contribution in [0.1, 0.15) is 91.9 Å². The Bertz CT molecular complexity index is 553. The van der Waals surface area contributed by atoms with Crippen molar-refractivity contribution in [3.05, 3.63) is 12.2 Å². The second-order valence-electron chi connectivity index (χ2n) is 11.3. The van der Waals surface area contributed by atoms with Gasteiger partial charge in [0.2, 0.25) is 0 Å². The maximum Gasteiger partial charge on any atom is 0.333 e. The standard InChI is InChI=1S/C14H20O2.C10H18/c1-9(2)13(15)16-14-6-10-3-11(7-14)5-12(4-10)8-14;1-9(2)8-4-6-10(9,3)7-5-8/h10-12H,1,3-8H2,2H3;8H,4-7H2,1-3H3. The SMILES string of the molecule is C=C(C)C(=O)OC12CC3CC(CC(C3)C1)C2.CC12CCC(CC1)C2(C)C. The lowest BCUT2D eigenvalue weighted by Crippen LogP contribution is -2.52. The van der Waals surface area contributed by atoms with Crippen molar-refractivity contribution in [2.75, 3.05) is 0 Å². The highest BCUT2D eigenvalue weighted by Crippen LogP contribution is 2.65. The molecule has 2 heteroatoms. The second kappa shape index (κ2) is 6.11. The fraction of sp³-hybridized carbons (Fsp3) is 0.875. The molecular formula is C24H38O2. The highest BCUT2D eigenvalue weighted by atomic mass is 16.6. The van der Waals surface area contributed by atoms with Crippen LogP contribution < -0.4 is 0 Å². The van der Waals surface area contributed by atoms with Crippen LogP contribution in [0, 0.1) is 34.5 Å². The van der Waals surface area contributed by atoms with Crippen molar-refractivity contribution >= 4 is 5.97 Å². The van der Waals surface area contributed by atoms with Crippen LogP contribution in [0.5, 0.6) is 0 Å². The Labute approximate surface area is 160 Å². The van der Waals surface area contributed by atoms with Gasteiger partial charge in [-0.1, -0.05) is 27.4 Å². The Morgan fingerprint density at radius 1 is 0.923 bits per heavy atom. The van der Waals surface area contributed by atoms with E-state index in [2.05, 4.69) is 27.4 Å². The quantitative estimate of drug-likeness (QED) is 0.428. The number of hydrogen-bond donors (Lipinski definition) is 0. The number of carbonyl (C=O) groups excluding carboxylic acids is 1. The average molecular weight is 359 g/mol. The topological polar surface area (TPSA) is 26.3 Å². The summed E-state index contributed by atoms with van der Waals surface area (Å²) in [5.41, 5.74) is 1.80. The smallest absolute Gasteiger partial charge is 0.333 e. The van der Waals surface area contributed by atoms with Gasteiger partial charge in [-0.25, -0.2) is 4.79 Å². The molecule has 6 bridgehead atoms. The molecule has 2 nitrogen and oxygen atoms in total. The summed E-state index contributed by atoms with van der Waals surface area (Å²) in [5, 5.41) is 0. The first kappa shape index (κ1) is 18.6. The summed E-state index contributed by atoms with van der Waals surface area (Å²) in [5.74, 6) is 3.34. The molecule has 0 spiro atoms. The Hall–Kier alpha value is -0.790. The lowest BCUT2D eigenvalue weighted by molar-refractivity contribution is -0.182. The van der Waals surface area contributed by atoms with E-state index in [1.54, 1.807) is 6.92 Å². The number of hydrogen-bond acceptors (Lipinski definition) is 2. The van der Waals surface area contributed by atoms with Gasteiger partial charge in [-0.05, 0) is 106 Å². The molecule has 0 saturated heterocycles. The molecule has 6 aliphatic carbocycles. The predicted molar refractivity (Wildman–Crippen MR) is 106 cm³/mol. The molecular weight excluding hydrogens is 320 g/mol. The van der Waals surface area contributed by atoms with Gasteiger partial charge in [-0.15, -0.1) is 0 Å². The molecule has 6 rings (SSSR count). The molecule has 0 amide bonds. The monoisotopic (exact) mass is 358 g/mol. The van der Waals surface area contributed by atoms with Crippen molar-refractivity contribution in [2.24, 2.45) is 34.5 Å². The number of fused-ring (bicyclic) bond motifs is 2. The van der Waals surface area contributed by atoms with E-state index in [-0.39, 0.29) is 11.6 Å². The molecule has 0 aromatic rings. The summed E-state index contributed by atoms with van der Waals surface area (Å²) in [4.78, 5) is 11.7. The van der Waals surface area contributed by atoms with Crippen LogP contribution in [0.2, 0.25) is 0 Å². The van der Waals surface area contributed by atoms with E-state index < -0.39 is 0 Å². The number of carbonyl (C=O) groups is 1. The summed E-state index contributed by atoms with van der Waals surface area (Å²) in [7, 11) is 0. The van der Waals surface area contributed by atoms with E-state index in [4.69, 9.17) is 4.74 Å². The molecule has 0 aromatic carbocycles. The molecule has 26 heavy (non-hydrogen) atoms. The highest BCUT2D eigenvalue weighted by molar-refractivity contribution is 5.87. The van der Waals surface area contributed by atoms with Crippen LogP contribution in [0.25, 0.3) is 0 Å². The van der Waals surface area contributed by atoms with Crippen molar-refractivity contribution in [2.45, 2.75) is 97.5 Å². The molecule has 6 saturated carbocycles. The molecule has 6 fully saturated rings. The third-order valence-corrected chi connectivity index (χ3v) is 9.31. The largest absolute Gasteiger partial charge is 0.456 e. The lowest BCUT2D eigenvalue weighted by atomic mass is 9.54. The van der Waals surface area contributed by atoms with Crippen LogP contribution in [-0.2, 0) is 9.53 Å². The maximum absolute atomic E-state index is 11.7. The molecule has 0 unspecified atom stereocenters. The molecule has 146 valence electrons. The minimum atomic E-state index is -0.179. The van der Waals surface area contributed by atoms with Crippen LogP contribution in [0.4, 0.5) is 0 Å². The fourth-order valence-electron chi connectivity index (χ4n) is 7.55. The summed E-state index contributed by atoms with van der Waals surface area (Å²) < 4.78 is 5.77. The number of esters is 1. The van der Waals surface area contributed by atoms with Crippen LogP contribution in [-0.4, -0.2) is 11.6 Å². The Morgan fingerprint density at radius 2 is 1.38 bits per heavy atom. The van der Waals surface area contributed by atoms with Gasteiger partial charge in [0.1, 0.15) is 5.60 Å². The highest BCUT2D eigenvalue weighted by Gasteiger charge is 2.55. The first-order chi connectivity index (χ1) is 12.1. The van der Waals surface area contributed by atoms with Gasteiger partial charge in [0.05, 0.1) is 0 Å². The van der Waals surface area contributed by atoms with Crippen molar-refractivity contribution in [1.82, 2.24) is 0 Å². The zero-order valence-corrected chi connectivity index (χ0v) is 17.4. The van der Waals surface area contributed by atoms with Gasteiger partial charge in [-0.3, -0.25) is 0 Å². The minimum Gasteiger partial charge on any atom is -0.456 e. The van der Waals surface area contributed by atoms with E-state index in [0.717, 1.165) is 42.9 Å². The normalized spacial score (nSPS) is 46.6. The molecule has 6 aliphatic rings. The third kappa shape index (κ3) is 2.96. The Morgan fingerprint density at radius 3 is 1.65 bits per heavy atom. The van der Waals surface area contributed by atoms with Gasteiger partial charge in [0, 0.05) is 5.57 Å². The summed E-state index contributed by atoms with van der Waals surface area (Å²) >= 11 is 0. The summed E-state index contributed by atoms with van der Waals surface area (Å²) in [6, 6.07) is 0. The summed E-state index contributed by atoms with van der Waals surface area (Å²) in [6.45, 7) is 12.8. The average Bonchev–Trinajstić information content (AvgIpc) is 2.88. The van der Waals surface area contributed by atoms with Crippen LogP contribution >= 0.6 is 0 Å². The van der Waals surface area contributed by atoms with Crippen molar-refractivity contribution < 1.29 is 9.53 Å². The Kier molecular flexibility index (Phi) is 4.36. The van der Waals surface area contributed by atoms with Gasteiger partial charge in [0.15, 0.2) is 0 Å². The van der Waals surface area contributed by atoms with E-state index in [1.165, 1.54) is 44.9 Å². The van der Waals surface area contributed by atoms with Gasteiger partial charge < -0.3 is 4.74 Å². The van der Waals surface area contributed by atoms with E-state index in [9.17, 15) is 4.79 Å². The fourth-order valence-corrected chi connectivity index (χ4v) is 7.55. The molecule has 0 aliphatic heterocycles. The van der Waals surface area contributed by atoms with Crippen molar-refractivity contribution in [1.29, 1.82) is 0 Å². The zero-order chi connectivity index (χ0) is 18.7. The third-order valence-electron chi connectivity index (χ3n) is 9.31. The van der Waals surface area contributed by atoms with E-state index >= 15 is 0 Å². The molecule has 0 atom stereocenters. The van der Waals surface area contributed by atoms with Gasteiger partial charge >= 0.3 is 5.97 Å². The first-order valence-corrected chi connectivity index (χ1v) is 11.0. The van der Waals surface area contributed by atoms with Crippen LogP contribution in [0.3, 0.4) is 0 Å². The van der Waals surface area contributed by atoms with Crippen molar-refractivity contribution in [3.63, 3.8) is 0 Å². The minimum absolute atomic E-state index is 0.106. The molecule has 0 heterocycles. The number of ether oxygens (including phenoxy) is 1. The van der Waals surface area contributed by atoms with E-state index in [0.29, 0.717) is 16.4 Å². The molecule has 0 N–H and O–H groups in total. The zero-order valence-electron chi connectivity index (χ0n) is 17.4. The second-order valence-corrected chi connectivity index (χ2v) is 11.3. The van der Waals surface area contributed by atoms with Crippen molar-refractivity contribution in [3.8, 4) is 0 Å². The van der Waals surface area contributed by atoms with Gasteiger partial charge in [-0.2, -0.15) is 0 Å².